The van der Waals surface area contributed by atoms with Crippen LogP contribution >= 0.6 is 0 Å². The van der Waals surface area contributed by atoms with E-state index in [1.807, 2.05) is 12.1 Å². The fraction of sp³-hybridized carbons (Fsp3) is 0.333. The quantitative estimate of drug-likeness (QED) is 0.808. The van der Waals surface area contributed by atoms with Gasteiger partial charge in [0, 0.05) is 31.1 Å². The Labute approximate surface area is 113 Å². The molecule has 2 aliphatic rings. The predicted octanol–water partition coefficient (Wildman–Crippen LogP) is 1.95. The second-order valence-electron chi connectivity index (χ2n) is 4.96. The smallest absolute Gasteiger partial charge is 0.188 e. The number of hydrogen-bond donors (Lipinski definition) is 2. The minimum absolute atomic E-state index is 0.182. The molecule has 0 bridgehead atoms. The molecule has 3 rings (SSSR count). The molecule has 0 aliphatic carbocycles. The van der Waals surface area contributed by atoms with E-state index in [-0.39, 0.29) is 11.8 Å². The molecule has 2 heterocycles. The van der Waals surface area contributed by atoms with Crippen LogP contribution in [0.2, 0.25) is 0 Å². The van der Waals surface area contributed by atoms with Gasteiger partial charge in [-0.3, -0.25) is 0 Å². The maximum atomic E-state index is 10.2. The van der Waals surface area contributed by atoms with Crippen molar-refractivity contribution in [2.45, 2.75) is 18.7 Å². The molecule has 100 valence electrons. The van der Waals surface area contributed by atoms with Crippen LogP contribution in [-0.2, 0) is 11.2 Å². The second-order valence-corrected chi connectivity index (χ2v) is 4.96. The number of para-hydroxylation sites is 1. The second kappa shape index (κ2) is 4.63. The van der Waals surface area contributed by atoms with Crippen LogP contribution in [0, 0.1) is 0 Å². The van der Waals surface area contributed by atoms with Crippen LogP contribution in [0.3, 0.4) is 0 Å². The summed E-state index contributed by atoms with van der Waals surface area (Å²) in [5.41, 5.74) is 3.14. The molecule has 0 radical (unpaired) electrons. The molecule has 4 nitrogen and oxygen atoms in total. The maximum absolute atomic E-state index is 10.2. The number of hydrogen-bond acceptors (Lipinski definition) is 4. The van der Waals surface area contributed by atoms with Gasteiger partial charge in [-0.15, -0.1) is 0 Å². The predicted molar refractivity (Wildman–Crippen MR) is 75.1 cm³/mol. The van der Waals surface area contributed by atoms with Crippen molar-refractivity contribution in [3.8, 4) is 0 Å². The highest BCUT2D eigenvalue weighted by atomic mass is 16.5. The number of benzene rings is 1. The summed E-state index contributed by atoms with van der Waals surface area (Å²) in [6, 6.07) is 8.52. The summed E-state index contributed by atoms with van der Waals surface area (Å²) in [7, 11) is 1.62. The number of nitrogens with one attached hydrogen (secondary N) is 1. The molecule has 19 heavy (non-hydrogen) atoms. The highest BCUT2D eigenvalue weighted by Gasteiger charge is 2.36. The Kier molecular flexibility index (Phi) is 2.95. The molecule has 0 amide bonds. The SMILES string of the molecule is C=C1/C=C(/O)C(OC)N2c3ccccc3C[C@H]2CN1. The third-order valence-corrected chi connectivity index (χ3v) is 3.73. The lowest BCUT2D eigenvalue weighted by Crippen LogP contribution is -2.49. The monoisotopic (exact) mass is 258 g/mol. The number of aliphatic hydroxyl groups excluding tert-OH is 1. The summed E-state index contributed by atoms with van der Waals surface area (Å²) in [6.45, 7) is 4.67. The van der Waals surface area contributed by atoms with E-state index >= 15 is 0 Å². The van der Waals surface area contributed by atoms with E-state index in [1.54, 1.807) is 13.2 Å². The van der Waals surface area contributed by atoms with Crippen molar-refractivity contribution in [2.75, 3.05) is 18.6 Å². The molecule has 4 heteroatoms. The average molecular weight is 258 g/mol. The largest absolute Gasteiger partial charge is 0.507 e. The molecule has 0 saturated heterocycles. The summed E-state index contributed by atoms with van der Waals surface area (Å²) in [6.07, 6.45) is 2.13. The Morgan fingerprint density at radius 2 is 2.21 bits per heavy atom. The molecule has 1 aromatic rings. The first kappa shape index (κ1) is 12.1. The lowest BCUT2D eigenvalue weighted by Gasteiger charge is -2.36. The number of methoxy groups -OCH3 is 1. The van der Waals surface area contributed by atoms with Crippen molar-refractivity contribution in [3.05, 3.63) is 53.9 Å². The Bertz CT molecular complexity index is 539. The number of nitrogens with zero attached hydrogens (tertiary/aromatic N) is 1. The van der Waals surface area contributed by atoms with Gasteiger partial charge in [-0.05, 0) is 18.1 Å². The molecule has 0 aromatic heterocycles. The van der Waals surface area contributed by atoms with E-state index < -0.39 is 6.23 Å². The molecule has 0 fully saturated rings. The lowest BCUT2D eigenvalue weighted by atomic mass is 10.1. The highest BCUT2D eigenvalue weighted by molar-refractivity contribution is 5.61. The molecule has 0 saturated carbocycles. The van der Waals surface area contributed by atoms with E-state index in [9.17, 15) is 5.11 Å². The molecule has 0 spiro atoms. The molecule has 2 aliphatic heterocycles. The lowest BCUT2D eigenvalue weighted by molar-refractivity contribution is 0.0838. The molecule has 2 N–H and O–H groups in total. The van der Waals surface area contributed by atoms with E-state index in [1.165, 1.54) is 5.56 Å². The van der Waals surface area contributed by atoms with E-state index in [4.69, 9.17) is 4.74 Å². The summed E-state index contributed by atoms with van der Waals surface area (Å²) < 4.78 is 5.50. The van der Waals surface area contributed by atoms with Gasteiger partial charge in [-0.2, -0.15) is 0 Å². The van der Waals surface area contributed by atoms with Crippen LogP contribution in [0.4, 0.5) is 5.69 Å². The fourth-order valence-corrected chi connectivity index (χ4v) is 2.90. The zero-order valence-electron chi connectivity index (χ0n) is 11.0. The van der Waals surface area contributed by atoms with Gasteiger partial charge < -0.3 is 20.1 Å². The van der Waals surface area contributed by atoms with Gasteiger partial charge in [0.15, 0.2) is 6.23 Å². The van der Waals surface area contributed by atoms with Gasteiger partial charge >= 0.3 is 0 Å². The van der Waals surface area contributed by atoms with Crippen LogP contribution in [0.25, 0.3) is 0 Å². The van der Waals surface area contributed by atoms with Crippen LogP contribution < -0.4 is 10.2 Å². The van der Waals surface area contributed by atoms with Crippen molar-refractivity contribution in [3.63, 3.8) is 0 Å². The van der Waals surface area contributed by atoms with Crippen molar-refractivity contribution in [1.82, 2.24) is 5.32 Å². The number of allylic oxidation sites excluding steroid dienone is 1. The number of anilines is 1. The normalized spacial score (nSPS) is 28.6. The van der Waals surface area contributed by atoms with Gasteiger partial charge in [0.2, 0.25) is 0 Å². The van der Waals surface area contributed by atoms with Gasteiger partial charge in [-0.1, -0.05) is 24.8 Å². The molecule has 1 aromatic carbocycles. The maximum Gasteiger partial charge on any atom is 0.188 e. The van der Waals surface area contributed by atoms with Crippen LogP contribution in [0.5, 0.6) is 0 Å². The first-order valence-corrected chi connectivity index (χ1v) is 6.43. The number of ether oxygens (including phenoxy) is 1. The average Bonchev–Trinajstić information content (AvgIpc) is 2.75. The van der Waals surface area contributed by atoms with Crippen molar-refractivity contribution < 1.29 is 9.84 Å². The Morgan fingerprint density at radius 1 is 1.42 bits per heavy atom. The summed E-state index contributed by atoms with van der Waals surface area (Å²) >= 11 is 0. The van der Waals surface area contributed by atoms with Gasteiger partial charge in [0.25, 0.3) is 0 Å². The number of fused-ring (bicyclic) bond motifs is 3. The summed E-state index contributed by atoms with van der Waals surface area (Å²) in [5.74, 6) is 0.182. The van der Waals surface area contributed by atoms with Crippen molar-refractivity contribution in [2.24, 2.45) is 0 Å². The molecular weight excluding hydrogens is 240 g/mol. The number of rotatable bonds is 1. The van der Waals surface area contributed by atoms with Gasteiger partial charge in [-0.25, -0.2) is 0 Å². The van der Waals surface area contributed by atoms with Crippen LogP contribution in [0.15, 0.2) is 48.4 Å². The standard InChI is InChI=1S/C15H18N2O2/c1-10-7-14(18)15(19-2)17-12(9-16-10)8-11-5-3-4-6-13(11)17/h3-7,12,15-16,18H,1,8-9H2,2H3/b14-7+/t12-,15?/m0/s1. The topological polar surface area (TPSA) is 44.7 Å². The zero-order valence-corrected chi connectivity index (χ0v) is 11.0. The van der Waals surface area contributed by atoms with Gasteiger partial charge in [0.1, 0.15) is 5.76 Å². The highest BCUT2D eigenvalue weighted by Crippen LogP contribution is 2.35. The van der Waals surface area contributed by atoms with E-state index in [0.29, 0.717) is 0 Å². The van der Waals surface area contributed by atoms with Crippen molar-refractivity contribution in [1.29, 1.82) is 0 Å². The van der Waals surface area contributed by atoms with E-state index in [2.05, 4.69) is 28.9 Å². The summed E-state index contributed by atoms with van der Waals surface area (Å²) in [4.78, 5) is 2.14. The van der Waals surface area contributed by atoms with Crippen LogP contribution in [-0.4, -0.2) is 31.0 Å². The van der Waals surface area contributed by atoms with E-state index in [0.717, 1.165) is 24.4 Å². The minimum Gasteiger partial charge on any atom is -0.507 e. The zero-order chi connectivity index (χ0) is 13.4. The first-order chi connectivity index (χ1) is 9.20. The molecule has 1 unspecified atom stereocenters. The Balaban J connectivity index is 2.06. The van der Waals surface area contributed by atoms with Crippen molar-refractivity contribution >= 4 is 5.69 Å². The molecular formula is C15H18N2O2. The van der Waals surface area contributed by atoms with Crippen LogP contribution in [0.1, 0.15) is 5.56 Å². The number of aliphatic hydroxyl groups is 1. The summed E-state index contributed by atoms with van der Waals surface area (Å²) in [5, 5.41) is 13.4. The minimum atomic E-state index is -0.451. The first-order valence-electron chi connectivity index (χ1n) is 6.43. The van der Waals surface area contributed by atoms with Gasteiger partial charge in [0.05, 0.1) is 6.04 Å². The third-order valence-electron chi connectivity index (χ3n) is 3.73. The molecule has 2 atom stereocenters. The Hall–Kier alpha value is -1.94. The Morgan fingerprint density at radius 3 is 3.00 bits per heavy atom. The third kappa shape index (κ3) is 1.98. The fourth-order valence-electron chi connectivity index (χ4n) is 2.90.